The largest absolute Gasteiger partial charge is 0.366 e. The zero-order valence-electron chi connectivity index (χ0n) is 19.5. The Kier molecular flexibility index (Phi) is 6.86. The van der Waals surface area contributed by atoms with E-state index in [1.165, 1.54) is 11.0 Å². The maximum absolute atomic E-state index is 14.1. The van der Waals surface area contributed by atoms with Gasteiger partial charge in [-0.3, -0.25) is 19.3 Å². The fourth-order valence-electron chi connectivity index (χ4n) is 4.32. The van der Waals surface area contributed by atoms with Gasteiger partial charge in [-0.05, 0) is 53.2 Å². The van der Waals surface area contributed by atoms with Crippen LogP contribution in [0.3, 0.4) is 0 Å². The first kappa shape index (κ1) is 23.8. The number of hydrogen-bond acceptors (Lipinski definition) is 5. The van der Waals surface area contributed by atoms with Gasteiger partial charge in [-0.2, -0.15) is 0 Å². The van der Waals surface area contributed by atoms with Crippen LogP contribution in [0.15, 0.2) is 83.8 Å². The maximum Gasteiger partial charge on any atom is 0.293 e. The molecule has 0 unspecified atom stereocenters. The van der Waals surface area contributed by atoms with Crippen molar-refractivity contribution in [2.24, 2.45) is 0 Å². The summed E-state index contributed by atoms with van der Waals surface area (Å²) >= 11 is 0.920. The summed E-state index contributed by atoms with van der Waals surface area (Å²) in [6, 6.07) is 23.0. The van der Waals surface area contributed by atoms with Gasteiger partial charge >= 0.3 is 0 Å². The molecule has 2 heterocycles. The number of rotatable bonds is 5. The van der Waals surface area contributed by atoms with Crippen molar-refractivity contribution < 1.29 is 18.8 Å². The summed E-state index contributed by atoms with van der Waals surface area (Å²) in [7, 11) is 0. The second-order valence-electron chi connectivity index (χ2n) is 8.61. The molecule has 0 saturated carbocycles. The Morgan fingerprint density at radius 2 is 1.53 bits per heavy atom. The molecule has 2 aliphatic rings. The molecule has 0 spiro atoms. The molecule has 2 saturated heterocycles. The summed E-state index contributed by atoms with van der Waals surface area (Å²) in [5.74, 6) is -0.662. The van der Waals surface area contributed by atoms with E-state index in [2.05, 4.69) is 0 Å². The average Bonchev–Trinajstić information content (AvgIpc) is 3.17. The van der Waals surface area contributed by atoms with Gasteiger partial charge in [0.2, 0.25) is 0 Å². The average molecular weight is 502 g/mol. The minimum absolute atomic E-state index is 0.0853. The van der Waals surface area contributed by atoms with E-state index in [0.717, 1.165) is 22.9 Å². The number of thioether (sulfide) groups is 1. The van der Waals surface area contributed by atoms with E-state index in [0.29, 0.717) is 42.3 Å². The molecule has 0 aliphatic carbocycles. The van der Waals surface area contributed by atoms with Crippen LogP contribution in [0.2, 0.25) is 0 Å². The summed E-state index contributed by atoms with van der Waals surface area (Å²) in [6.45, 7) is 2.36. The second kappa shape index (κ2) is 10.4. The Morgan fingerprint density at radius 1 is 0.861 bits per heavy atom. The van der Waals surface area contributed by atoms with Crippen LogP contribution >= 0.6 is 11.8 Å². The summed E-state index contributed by atoms with van der Waals surface area (Å²) in [6.07, 6.45) is 1.68. The number of carbonyl (C=O) groups excluding carboxylic acids is 3. The highest BCUT2D eigenvalue weighted by atomic mass is 32.2. The minimum Gasteiger partial charge on any atom is -0.366 e. The molecule has 0 aromatic heterocycles. The van der Waals surface area contributed by atoms with E-state index >= 15 is 0 Å². The fourth-order valence-corrected chi connectivity index (χ4v) is 5.16. The number of imide groups is 1. The monoisotopic (exact) mass is 501 g/mol. The molecule has 182 valence electrons. The molecular weight excluding hydrogens is 477 g/mol. The quantitative estimate of drug-likeness (QED) is 0.459. The van der Waals surface area contributed by atoms with Gasteiger partial charge < -0.3 is 9.80 Å². The van der Waals surface area contributed by atoms with Crippen molar-refractivity contribution in [3.05, 3.63) is 106 Å². The van der Waals surface area contributed by atoms with Gasteiger partial charge in [0.1, 0.15) is 5.82 Å². The molecule has 8 heteroatoms. The van der Waals surface area contributed by atoms with Crippen LogP contribution in [0.4, 0.5) is 14.9 Å². The van der Waals surface area contributed by atoms with Gasteiger partial charge in [-0.1, -0.05) is 54.6 Å². The van der Waals surface area contributed by atoms with Gasteiger partial charge in [0.05, 0.1) is 17.1 Å². The van der Waals surface area contributed by atoms with Crippen molar-refractivity contribution in [1.29, 1.82) is 0 Å². The third kappa shape index (κ3) is 5.04. The van der Waals surface area contributed by atoms with Crippen molar-refractivity contribution in [2.75, 3.05) is 31.1 Å². The highest BCUT2D eigenvalue weighted by Crippen LogP contribution is 2.33. The van der Waals surface area contributed by atoms with E-state index in [1.54, 1.807) is 53.4 Å². The van der Waals surface area contributed by atoms with E-state index in [9.17, 15) is 18.8 Å². The molecule has 5 rings (SSSR count). The first-order valence-corrected chi connectivity index (χ1v) is 12.5. The molecule has 3 aromatic rings. The topological polar surface area (TPSA) is 60.9 Å². The lowest BCUT2D eigenvalue weighted by molar-refractivity contribution is -0.123. The minimum atomic E-state index is -0.318. The predicted molar refractivity (Wildman–Crippen MR) is 139 cm³/mol. The van der Waals surface area contributed by atoms with Crippen molar-refractivity contribution in [2.45, 2.75) is 6.54 Å². The van der Waals surface area contributed by atoms with Crippen LogP contribution in [-0.4, -0.2) is 53.0 Å². The van der Waals surface area contributed by atoms with E-state index in [-0.39, 0.29) is 29.4 Å². The summed E-state index contributed by atoms with van der Waals surface area (Å²) in [5.41, 5.74) is 2.73. The lowest BCUT2D eigenvalue weighted by Crippen LogP contribution is -2.49. The van der Waals surface area contributed by atoms with Crippen LogP contribution in [0.5, 0.6) is 0 Å². The summed E-state index contributed by atoms with van der Waals surface area (Å²) in [5, 5.41) is -0.295. The number of piperazine rings is 1. The number of anilines is 1. The van der Waals surface area contributed by atoms with Crippen LogP contribution in [0.25, 0.3) is 6.08 Å². The van der Waals surface area contributed by atoms with Gasteiger partial charge in [0.15, 0.2) is 0 Å². The third-order valence-electron chi connectivity index (χ3n) is 6.27. The Bertz CT molecular complexity index is 1320. The Labute approximate surface area is 213 Å². The van der Waals surface area contributed by atoms with E-state index < -0.39 is 0 Å². The molecule has 6 nitrogen and oxygen atoms in total. The normalized spacial score (nSPS) is 17.2. The first-order chi connectivity index (χ1) is 17.5. The van der Waals surface area contributed by atoms with Crippen LogP contribution in [0.1, 0.15) is 21.5 Å². The number of hydrogen-bond donors (Lipinski definition) is 0. The fraction of sp³-hybridized carbons (Fsp3) is 0.179. The first-order valence-electron chi connectivity index (χ1n) is 11.7. The molecule has 0 atom stereocenters. The number of carbonyl (C=O) groups is 3. The molecule has 0 radical (unpaired) electrons. The van der Waals surface area contributed by atoms with Crippen LogP contribution in [0, 0.1) is 5.82 Å². The summed E-state index contributed by atoms with van der Waals surface area (Å²) < 4.78 is 14.1. The Balaban J connectivity index is 1.21. The van der Waals surface area contributed by atoms with Crippen molar-refractivity contribution in [1.82, 2.24) is 9.80 Å². The number of amides is 3. The molecule has 3 amide bonds. The Hall–Kier alpha value is -3.91. The van der Waals surface area contributed by atoms with Gasteiger partial charge in [0.25, 0.3) is 17.1 Å². The zero-order valence-corrected chi connectivity index (χ0v) is 20.3. The van der Waals surface area contributed by atoms with Gasteiger partial charge in [-0.15, -0.1) is 0 Å². The molecule has 3 aromatic carbocycles. The lowest BCUT2D eigenvalue weighted by atomic mass is 10.1. The van der Waals surface area contributed by atoms with Crippen molar-refractivity contribution in [3.63, 3.8) is 0 Å². The van der Waals surface area contributed by atoms with E-state index in [1.807, 2.05) is 35.2 Å². The number of halogens is 1. The standard InChI is InChI=1S/C28H24FN3O3S/c29-23-8-4-5-9-24(23)30-14-16-31(17-15-30)26(33)22-12-10-20(11-13-22)18-25-27(34)32(28(35)36-25)19-21-6-2-1-3-7-21/h1-13,18H,14-17,19H2/b25-18-. The SMILES string of the molecule is O=C(c1ccc(/C=C2\SC(=O)N(Cc3ccccc3)C2=O)cc1)N1CCN(c2ccccc2F)CC1. The maximum atomic E-state index is 14.1. The predicted octanol–water partition coefficient (Wildman–Crippen LogP) is 5.02. The molecule has 2 aliphatic heterocycles. The number of benzene rings is 3. The molecule has 36 heavy (non-hydrogen) atoms. The van der Waals surface area contributed by atoms with Crippen molar-refractivity contribution in [3.8, 4) is 0 Å². The molecule has 2 fully saturated rings. The van der Waals surface area contributed by atoms with Crippen LogP contribution < -0.4 is 4.90 Å². The van der Waals surface area contributed by atoms with Crippen LogP contribution in [-0.2, 0) is 11.3 Å². The number of para-hydroxylation sites is 1. The lowest BCUT2D eigenvalue weighted by Gasteiger charge is -2.36. The van der Waals surface area contributed by atoms with Gasteiger partial charge in [0, 0.05) is 31.7 Å². The Morgan fingerprint density at radius 3 is 2.22 bits per heavy atom. The van der Waals surface area contributed by atoms with Gasteiger partial charge in [-0.25, -0.2) is 4.39 Å². The molecule has 0 N–H and O–H groups in total. The number of nitrogens with zero attached hydrogens (tertiary/aromatic N) is 3. The van der Waals surface area contributed by atoms with E-state index in [4.69, 9.17) is 0 Å². The molecular formula is C28H24FN3O3S. The second-order valence-corrected chi connectivity index (χ2v) is 9.60. The smallest absolute Gasteiger partial charge is 0.293 e. The van der Waals surface area contributed by atoms with Crippen molar-refractivity contribution >= 4 is 40.6 Å². The highest BCUT2D eigenvalue weighted by Gasteiger charge is 2.35. The molecule has 0 bridgehead atoms. The third-order valence-corrected chi connectivity index (χ3v) is 7.18. The summed E-state index contributed by atoms with van der Waals surface area (Å²) in [4.78, 5) is 43.5. The zero-order chi connectivity index (χ0) is 25.1. The highest BCUT2D eigenvalue weighted by molar-refractivity contribution is 8.18.